The highest BCUT2D eigenvalue weighted by atomic mass is 16.3. The lowest BCUT2D eigenvalue weighted by atomic mass is 9.78. The molecule has 3 rings (SSSR count). The van der Waals surface area contributed by atoms with Gasteiger partial charge in [-0.25, -0.2) is 0 Å². The van der Waals surface area contributed by atoms with Crippen LogP contribution in [-0.4, -0.2) is 34.7 Å². The summed E-state index contributed by atoms with van der Waals surface area (Å²) in [5, 5.41) is 11.1. The van der Waals surface area contributed by atoms with E-state index in [0.29, 0.717) is 0 Å². The van der Waals surface area contributed by atoms with Crippen molar-refractivity contribution in [3.63, 3.8) is 0 Å². The topological polar surface area (TPSA) is 23.5 Å². The normalized spacial score (nSPS) is 36.9. The Labute approximate surface area is 124 Å². The molecule has 0 aromatic rings. The fourth-order valence-corrected chi connectivity index (χ4v) is 5.87. The quantitative estimate of drug-likeness (QED) is 0.799. The Hall–Kier alpha value is -0.0800. The third kappa shape index (κ3) is 2.43. The molecule has 0 amide bonds. The van der Waals surface area contributed by atoms with E-state index in [9.17, 15) is 5.11 Å². The summed E-state index contributed by atoms with van der Waals surface area (Å²) >= 11 is 0. The molecule has 0 aliphatic heterocycles. The minimum Gasteiger partial charge on any atom is -0.391 e. The van der Waals surface area contributed by atoms with Crippen LogP contribution in [0.25, 0.3) is 0 Å². The number of aliphatic hydroxyl groups excluding tert-OH is 1. The van der Waals surface area contributed by atoms with Crippen LogP contribution in [0, 0.1) is 17.8 Å². The van der Waals surface area contributed by atoms with Gasteiger partial charge in [-0.1, -0.05) is 33.1 Å². The third-order valence-electron chi connectivity index (χ3n) is 6.89. The first-order valence-corrected chi connectivity index (χ1v) is 9.12. The number of rotatable bonds is 6. The Morgan fingerprint density at radius 1 is 1.10 bits per heavy atom. The van der Waals surface area contributed by atoms with E-state index in [0.717, 1.165) is 37.3 Å². The van der Waals surface area contributed by atoms with E-state index in [1.54, 1.807) is 0 Å². The van der Waals surface area contributed by atoms with Crippen molar-refractivity contribution in [2.75, 3.05) is 13.1 Å². The Morgan fingerprint density at radius 3 is 2.30 bits per heavy atom. The molecule has 2 heteroatoms. The summed E-state index contributed by atoms with van der Waals surface area (Å²) in [5.74, 6) is 2.78. The summed E-state index contributed by atoms with van der Waals surface area (Å²) in [6.45, 7) is 6.69. The number of fused-ring (bicyclic) bond motifs is 2. The Morgan fingerprint density at radius 2 is 1.80 bits per heavy atom. The number of aliphatic hydroxyl groups is 1. The number of likely N-dealkylation sites (N-methyl/N-ethyl adjacent to an activating group) is 1. The van der Waals surface area contributed by atoms with Gasteiger partial charge in [0.1, 0.15) is 0 Å². The molecule has 0 spiro atoms. The predicted molar refractivity (Wildman–Crippen MR) is 83.7 cm³/mol. The van der Waals surface area contributed by atoms with Crippen LogP contribution in [0.5, 0.6) is 0 Å². The molecule has 0 radical (unpaired) electrons. The molecule has 0 aromatic heterocycles. The molecule has 0 aromatic carbocycles. The van der Waals surface area contributed by atoms with Crippen LogP contribution in [0.15, 0.2) is 0 Å². The van der Waals surface area contributed by atoms with Crippen molar-refractivity contribution in [3.8, 4) is 0 Å². The van der Waals surface area contributed by atoms with Gasteiger partial charge in [-0.3, -0.25) is 4.90 Å². The minimum absolute atomic E-state index is 0.0887. The molecule has 0 saturated heterocycles. The van der Waals surface area contributed by atoms with Gasteiger partial charge in [0.2, 0.25) is 0 Å². The highest BCUT2D eigenvalue weighted by molar-refractivity contribution is 5.02. The number of nitrogens with zero attached hydrogens (tertiary/aromatic N) is 1. The van der Waals surface area contributed by atoms with Gasteiger partial charge in [0, 0.05) is 5.54 Å². The van der Waals surface area contributed by atoms with Crippen molar-refractivity contribution in [2.45, 2.75) is 83.3 Å². The van der Waals surface area contributed by atoms with Crippen LogP contribution in [0.4, 0.5) is 0 Å². The average molecular weight is 279 g/mol. The van der Waals surface area contributed by atoms with Crippen molar-refractivity contribution < 1.29 is 5.11 Å². The van der Waals surface area contributed by atoms with E-state index in [4.69, 9.17) is 0 Å². The molecule has 3 aliphatic carbocycles. The molecule has 0 heterocycles. The van der Waals surface area contributed by atoms with E-state index in [2.05, 4.69) is 18.7 Å². The van der Waals surface area contributed by atoms with Gasteiger partial charge in [0.05, 0.1) is 6.10 Å². The molecule has 3 aliphatic rings. The second-order valence-electron chi connectivity index (χ2n) is 7.67. The monoisotopic (exact) mass is 279 g/mol. The molecule has 1 N–H and O–H groups in total. The zero-order valence-corrected chi connectivity index (χ0v) is 13.5. The fourth-order valence-electron chi connectivity index (χ4n) is 5.87. The molecule has 4 atom stereocenters. The Bertz CT molecular complexity index is 319. The van der Waals surface area contributed by atoms with Crippen molar-refractivity contribution >= 4 is 0 Å². The number of hydrogen-bond acceptors (Lipinski definition) is 2. The summed E-state index contributed by atoms with van der Waals surface area (Å²) in [5.41, 5.74) is 0.116. The smallest absolute Gasteiger partial charge is 0.0726 e. The van der Waals surface area contributed by atoms with E-state index in [-0.39, 0.29) is 11.6 Å². The Kier molecular flexibility index (Phi) is 4.42. The first-order valence-electron chi connectivity index (χ1n) is 9.12. The maximum atomic E-state index is 11.1. The van der Waals surface area contributed by atoms with E-state index in [1.807, 2.05) is 0 Å². The molecule has 3 saturated carbocycles. The molecule has 2 bridgehead atoms. The van der Waals surface area contributed by atoms with Gasteiger partial charge >= 0.3 is 0 Å². The summed E-state index contributed by atoms with van der Waals surface area (Å²) in [6, 6.07) is 0. The van der Waals surface area contributed by atoms with E-state index < -0.39 is 0 Å². The molecule has 3 fully saturated rings. The van der Waals surface area contributed by atoms with Crippen LogP contribution < -0.4 is 0 Å². The van der Waals surface area contributed by atoms with Gasteiger partial charge in [-0.15, -0.1) is 0 Å². The van der Waals surface area contributed by atoms with Gasteiger partial charge in [0.15, 0.2) is 0 Å². The zero-order valence-electron chi connectivity index (χ0n) is 13.5. The second-order valence-corrected chi connectivity index (χ2v) is 7.67. The first-order chi connectivity index (χ1) is 9.69. The lowest BCUT2D eigenvalue weighted by molar-refractivity contribution is -0.0402. The van der Waals surface area contributed by atoms with Crippen molar-refractivity contribution in [1.29, 1.82) is 0 Å². The van der Waals surface area contributed by atoms with Crippen molar-refractivity contribution in [1.82, 2.24) is 4.90 Å². The van der Waals surface area contributed by atoms with Gasteiger partial charge in [-0.05, 0) is 69.4 Å². The lowest BCUT2D eigenvalue weighted by Crippen LogP contribution is -2.55. The van der Waals surface area contributed by atoms with Crippen LogP contribution in [0.2, 0.25) is 0 Å². The molecule has 20 heavy (non-hydrogen) atoms. The van der Waals surface area contributed by atoms with Gasteiger partial charge in [0.25, 0.3) is 0 Å². The fraction of sp³-hybridized carbons (Fsp3) is 1.00. The average Bonchev–Trinajstić information content (AvgIpc) is 3.16. The molecule has 2 nitrogen and oxygen atoms in total. The van der Waals surface area contributed by atoms with E-state index >= 15 is 0 Å². The van der Waals surface area contributed by atoms with Gasteiger partial charge < -0.3 is 5.11 Å². The lowest BCUT2D eigenvalue weighted by Gasteiger charge is -2.45. The highest BCUT2D eigenvalue weighted by Gasteiger charge is 2.47. The summed E-state index contributed by atoms with van der Waals surface area (Å²) in [7, 11) is 0. The van der Waals surface area contributed by atoms with Crippen molar-refractivity contribution in [3.05, 3.63) is 0 Å². The van der Waals surface area contributed by atoms with Gasteiger partial charge in [-0.2, -0.15) is 0 Å². The van der Waals surface area contributed by atoms with Crippen LogP contribution in [0.3, 0.4) is 0 Å². The first kappa shape index (κ1) is 14.8. The largest absolute Gasteiger partial charge is 0.391 e. The highest BCUT2D eigenvalue weighted by Crippen LogP contribution is 2.51. The predicted octanol–water partition coefficient (Wildman–Crippen LogP) is 3.83. The molecular weight excluding hydrogens is 246 g/mol. The summed E-state index contributed by atoms with van der Waals surface area (Å²) in [6.07, 6.45) is 11.8. The molecule has 4 unspecified atom stereocenters. The van der Waals surface area contributed by atoms with Crippen LogP contribution in [-0.2, 0) is 0 Å². The number of hydrogen-bond donors (Lipinski definition) is 1. The minimum atomic E-state index is -0.0887. The standard InChI is InChI=1S/C18H33NO/c1-3-19(4-2)18(9-5-6-10-18)17(20)13-16-12-14-7-8-15(16)11-14/h14-17,20H,3-13H2,1-2H3. The van der Waals surface area contributed by atoms with E-state index in [1.165, 1.54) is 51.4 Å². The van der Waals surface area contributed by atoms with Crippen LogP contribution in [0.1, 0.15) is 71.6 Å². The maximum absolute atomic E-state index is 11.1. The molecule has 116 valence electrons. The second kappa shape index (κ2) is 5.96. The zero-order chi connectivity index (χ0) is 14.2. The van der Waals surface area contributed by atoms with Crippen LogP contribution >= 0.6 is 0 Å². The maximum Gasteiger partial charge on any atom is 0.0726 e. The molecular formula is C18H33NO. The van der Waals surface area contributed by atoms with Crippen molar-refractivity contribution in [2.24, 2.45) is 17.8 Å². The summed E-state index contributed by atoms with van der Waals surface area (Å²) in [4.78, 5) is 2.57. The SMILES string of the molecule is CCN(CC)C1(C(O)CC2CC3CCC2C3)CCCC1. The Balaban J connectivity index is 1.68. The summed E-state index contributed by atoms with van der Waals surface area (Å²) < 4.78 is 0. The third-order valence-corrected chi connectivity index (χ3v) is 6.89.